The number of amides is 1. The van der Waals surface area contributed by atoms with Gasteiger partial charge in [0.05, 0.1) is 29.9 Å². The van der Waals surface area contributed by atoms with Gasteiger partial charge in [-0.05, 0) is 19.1 Å². The van der Waals surface area contributed by atoms with Crippen LogP contribution in [0.25, 0.3) is 10.9 Å². The van der Waals surface area contributed by atoms with Crippen molar-refractivity contribution in [2.45, 2.75) is 32.0 Å². The monoisotopic (exact) mass is 449 g/mol. The SMILES string of the molecule is CCO[C@@H]1COC[C@H]1n1cc(C(=O)N2CCc3[nH]c4c(Cl)cc(Cl)cc4c3C2)nn1. The number of aromatic nitrogens is 4. The minimum absolute atomic E-state index is 0.0788. The lowest BCUT2D eigenvalue weighted by Crippen LogP contribution is -2.36. The molecular weight excluding hydrogens is 429 g/mol. The van der Waals surface area contributed by atoms with E-state index in [1.807, 2.05) is 13.0 Å². The van der Waals surface area contributed by atoms with E-state index < -0.39 is 0 Å². The van der Waals surface area contributed by atoms with Gasteiger partial charge in [0.25, 0.3) is 5.91 Å². The van der Waals surface area contributed by atoms with E-state index in [0.29, 0.717) is 55.1 Å². The van der Waals surface area contributed by atoms with E-state index in [0.717, 1.165) is 22.2 Å². The third-order valence-corrected chi connectivity index (χ3v) is 6.25. The molecule has 0 saturated carbocycles. The van der Waals surface area contributed by atoms with Gasteiger partial charge in [-0.3, -0.25) is 4.79 Å². The second kappa shape index (κ2) is 7.85. The van der Waals surface area contributed by atoms with Gasteiger partial charge >= 0.3 is 0 Å². The molecule has 0 spiro atoms. The zero-order chi connectivity index (χ0) is 20.8. The molecule has 10 heteroatoms. The molecule has 1 saturated heterocycles. The van der Waals surface area contributed by atoms with Crippen LogP contribution in [-0.4, -0.2) is 63.3 Å². The van der Waals surface area contributed by atoms with Gasteiger partial charge < -0.3 is 19.4 Å². The van der Waals surface area contributed by atoms with Crippen molar-refractivity contribution >= 4 is 40.0 Å². The van der Waals surface area contributed by atoms with E-state index >= 15 is 0 Å². The number of halogens is 2. The molecule has 3 aromatic rings. The van der Waals surface area contributed by atoms with Gasteiger partial charge in [-0.1, -0.05) is 28.4 Å². The fraction of sp³-hybridized carbons (Fsp3) is 0.450. The number of carbonyl (C=O) groups is 1. The largest absolute Gasteiger partial charge is 0.376 e. The van der Waals surface area contributed by atoms with Crippen molar-refractivity contribution in [1.82, 2.24) is 24.9 Å². The maximum Gasteiger partial charge on any atom is 0.276 e. The molecule has 0 aliphatic carbocycles. The third kappa shape index (κ3) is 3.37. The van der Waals surface area contributed by atoms with E-state index in [1.54, 1.807) is 21.8 Å². The van der Waals surface area contributed by atoms with Gasteiger partial charge in [-0.2, -0.15) is 0 Å². The second-order valence-electron chi connectivity index (χ2n) is 7.55. The highest BCUT2D eigenvalue weighted by molar-refractivity contribution is 6.38. The number of carbonyl (C=O) groups excluding carboxylic acids is 1. The summed E-state index contributed by atoms with van der Waals surface area (Å²) in [7, 11) is 0. The average molecular weight is 450 g/mol. The first-order valence-electron chi connectivity index (χ1n) is 9.94. The predicted octanol–water partition coefficient (Wildman–Crippen LogP) is 3.24. The van der Waals surface area contributed by atoms with Crippen LogP contribution in [0.4, 0.5) is 0 Å². The summed E-state index contributed by atoms with van der Waals surface area (Å²) in [6, 6.07) is 3.53. The normalized spacial score (nSPS) is 21.4. The summed E-state index contributed by atoms with van der Waals surface area (Å²) in [4.78, 5) is 18.3. The zero-order valence-corrected chi connectivity index (χ0v) is 17.9. The first-order valence-corrected chi connectivity index (χ1v) is 10.7. The Labute approximate surface area is 183 Å². The molecule has 30 heavy (non-hydrogen) atoms. The van der Waals surface area contributed by atoms with Gasteiger partial charge in [0, 0.05) is 47.8 Å². The number of hydrogen-bond acceptors (Lipinski definition) is 5. The van der Waals surface area contributed by atoms with Gasteiger partial charge in [0.1, 0.15) is 12.1 Å². The fourth-order valence-electron chi connectivity index (χ4n) is 4.25. The van der Waals surface area contributed by atoms with Crippen molar-refractivity contribution in [2.75, 3.05) is 26.4 Å². The maximum atomic E-state index is 13.1. The molecule has 158 valence electrons. The average Bonchev–Trinajstić information content (AvgIpc) is 3.45. The number of ether oxygens (including phenoxy) is 2. The van der Waals surface area contributed by atoms with Crippen molar-refractivity contribution < 1.29 is 14.3 Å². The standard InChI is InChI=1S/C20H21Cl2N5O3/c1-2-30-18-10-29-9-17(18)27-8-16(24-25-27)20(28)26-4-3-15-13(7-26)12-5-11(21)6-14(22)19(12)23-15/h5-6,8,17-18,23H,2-4,7,9-10H2,1H3/t17-,18-/m1/s1. The van der Waals surface area contributed by atoms with Crippen LogP contribution in [0.3, 0.4) is 0 Å². The molecule has 4 heterocycles. The van der Waals surface area contributed by atoms with Crippen LogP contribution in [-0.2, 0) is 22.4 Å². The molecule has 1 amide bonds. The summed E-state index contributed by atoms with van der Waals surface area (Å²) in [6.45, 7) is 4.60. The maximum absolute atomic E-state index is 13.1. The van der Waals surface area contributed by atoms with Crippen LogP contribution < -0.4 is 0 Å². The molecule has 2 aromatic heterocycles. The Morgan fingerprint density at radius 1 is 1.37 bits per heavy atom. The highest BCUT2D eigenvalue weighted by Crippen LogP contribution is 2.34. The van der Waals surface area contributed by atoms with Gasteiger partial charge in [-0.25, -0.2) is 4.68 Å². The molecule has 1 fully saturated rings. The van der Waals surface area contributed by atoms with E-state index in [2.05, 4.69) is 15.3 Å². The third-order valence-electron chi connectivity index (χ3n) is 5.74. The lowest BCUT2D eigenvalue weighted by atomic mass is 10.0. The molecule has 5 rings (SSSR count). The molecule has 2 aliphatic heterocycles. The molecule has 0 bridgehead atoms. The van der Waals surface area contributed by atoms with Gasteiger partial charge in [0.2, 0.25) is 0 Å². The summed E-state index contributed by atoms with van der Waals surface area (Å²) in [5.74, 6) is -0.152. The minimum Gasteiger partial charge on any atom is -0.376 e. The lowest BCUT2D eigenvalue weighted by Gasteiger charge is -2.26. The number of rotatable bonds is 4. The smallest absolute Gasteiger partial charge is 0.276 e. The Kier molecular flexibility index (Phi) is 5.18. The number of fused-ring (bicyclic) bond motifs is 3. The Balaban J connectivity index is 1.38. The van der Waals surface area contributed by atoms with Crippen LogP contribution in [0, 0.1) is 0 Å². The molecule has 2 atom stereocenters. The molecule has 8 nitrogen and oxygen atoms in total. The predicted molar refractivity (Wildman–Crippen MR) is 112 cm³/mol. The number of nitrogens with one attached hydrogen (secondary N) is 1. The fourth-order valence-corrected chi connectivity index (χ4v) is 4.79. The van der Waals surface area contributed by atoms with Crippen LogP contribution in [0.5, 0.6) is 0 Å². The second-order valence-corrected chi connectivity index (χ2v) is 8.40. The summed E-state index contributed by atoms with van der Waals surface area (Å²) < 4.78 is 12.9. The molecule has 0 unspecified atom stereocenters. The Hall–Kier alpha value is -2.13. The lowest BCUT2D eigenvalue weighted by molar-refractivity contribution is 0.0340. The molecular formula is C20H21Cl2N5O3. The molecule has 1 aromatic carbocycles. The number of H-pyrrole nitrogens is 1. The highest BCUT2D eigenvalue weighted by Gasteiger charge is 2.33. The quantitative estimate of drug-likeness (QED) is 0.660. The van der Waals surface area contributed by atoms with Crippen molar-refractivity contribution in [3.63, 3.8) is 0 Å². The number of benzene rings is 1. The van der Waals surface area contributed by atoms with Crippen molar-refractivity contribution in [2.24, 2.45) is 0 Å². The van der Waals surface area contributed by atoms with E-state index in [9.17, 15) is 4.79 Å². The van der Waals surface area contributed by atoms with E-state index in [-0.39, 0.29) is 18.1 Å². The summed E-state index contributed by atoms with van der Waals surface area (Å²) >= 11 is 12.5. The highest BCUT2D eigenvalue weighted by atomic mass is 35.5. The first-order chi connectivity index (χ1) is 14.5. The molecule has 1 N–H and O–H groups in total. The van der Waals surface area contributed by atoms with Crippen LogP contribution in [0.2, 0.25) is 10.0 Å². The Bertz CT molecular complexity index is 1110. The van der Waals surface area contributed by atoms with Crippen LogP contribution in [0.1, 0.15) is 34.7 Å². The van der Waals surface area contributed by atoms with Gasteiger partial charge in [0.15, 0.2) is 5.69 Å². The Morgan fingerprint density at radius 3 is 3.07 bits per heavy atom. The van der Waals surface area contributed by atoms with Crippen molar-refractivity contribution in [1.29, 1.82) is 0 Å². The molecule has 0 radical (unpaired) electrons. The van der Waals surface area contributed by atoms with Crippen molar-refractivity contribution in [3.05, 3.63) is 45.3 Å². The van der Waals surface area contributed by atoms with Crippen LogP contribution >= 0.6 is 23.2 Å². The van der Waals surface area contributed by atoms with E-state index in [4.69, 9.17) is 32.7 Å². The number of aromatic amines is 1. The summed E-state index contributed by atoms with van der Waals surface area (Å²) in [5.41, 5.74) is 3.30. The zero-order valence-electron chi connectivity index (χ0n) is 16.4. The number of nitrogens with zero attached hydrogens (tertiary/aromatic N) is 4. The van der Waals surface area contributed by atoms with Crippen molar-refractivity contribution in [3.8, 4) is 0 Å². The molecule has 2 aliphatic rings. The topological polar surface area (TPSA) is 85.3 Å². The Morgan fingerprint density at radius 2 is 2.23 bits per heavy atom. The van der Waals surface area contributed by atoms with Gasteiger partial charge in [-0.15, -0.1) is 5.10 Å². The van der Waals surface area contributed by atoms with E-state index in [1.165, 1.54) is 0 Å². The first kappa shape index (κ1) is 19.8. The summed E-state index contributed by atoms with van der Waals surface area (Å²) in [5, 5.41) is 10.4. The minimum atomic E-state index is -0.152. The van der Waals surface area contributed by atoms with Crippen LogP contribution in [0.15, 0.2) is 18.3 Å². The summed E-state index contributed by atoms with van der Waals surface area (Å²) in [6.07, 6.45) is 2.31. The number of hydrogen-bond donors (Lipinski definition) is 1.